The van der Waals surface area contributed by atoms with E-state index in [-0.39, 0.29) is 29.7 Å². The number of carbonyl (C=O) groups excluding carboxylic acids is 2. The first kappa shape index (κ1) is 25.4. The smallest absolute Gasteiger partial charge is 0.317 e. The molecule has 0 saturated heterocycles. The molecule has 0 radical (unpaired) electrons. The molecular formula is C21H36BrNO4Si. The van der Waals surface area contributed by atoms with Crippen LogP contribution in [0.2, 0.25) is 16.6 Å². The van der Waals surface area contributed by atoms with Crippen molar-refractivity contribution in [3.63, 3.8) is 0 Å². The molecule has 0 bridgehead atoms. The van der Waals surface area contributed by atoms with Crippen molar-refractivity contribution >= 4 is 36.0 Å². The van der Waals surface area contributed by atoms with Gasteiger partial charge in [0.15, 0.2) is 11.9 Å². The van der Waals surface area contributed by atoms with Gasteiger partial charge in [-0.15, -0.1) is 12.3 Å². The molecule has 0 spiro atoms. The van der Waals surface area contributed by atoms with Gasteiger partial charge in [0.1, 0.15) is 5.33 Å². The number of hydrogen-bond donors (Lipinski definition) is 1. The molecule has 1 rings (SSSR count). The van der Waals surface area contributed by atoms with Crippen LogP contribution >= 0.6 is 15.9 Å². The lowest BCUT2D eigenvalue weighted by Crippen LogP contribution is -2.58. The topological polar surface area (TPSA) is 64.6 Å². The lowest BCUT2D eigenvalue weighted by Gasteiger charge is -2.47. The number of rotatable bonds is 10. The van der Waals surface area contributed by atoms with Crippen molar-refractivity contribution in [2.45, 2.75) is 95.7 Å². The van der Waals surface area contributed by atoms with Gasteiger partial charge in [-0.05, 0) is 16.6 Å². The number of hydrogen-bond acceptors (Lipinski definition) is 5. The molecule has 0 aliphatic heterocycles. The molecule has 0 unspecified atom stereocenters. The van der Waals surface area contributed by atoms with Crippen LogP contribution in [0.25, 0.3) is 0 Å². The van der Waals surface area contributed by atoms with Gasteiger partial charge in [-0.3, -0.25) is 9.59 Å². The monoisotopic (exact) mass is 473 g/mol. The molecule has 0 amide bonds. The summed E-state index contributed by atoms with van der Waals surface area (Å²) in [5, 5.41) is 3.49. The Morgan fingerprint density at radius 1 is 1.25 bits per heavy atom. The van der Waals surface area contributed by atoms with Crippen molar-refractivity contribution in [2.24, 2.45) is 0 Å². The third-order valence-electron chi connectivity index (χ3n) is 5.80. The Hall–Kier alpha value is -0.683. The van der Waals surface area contributed by atoms with E-state index in [1.165, 1.54) is 0 Å². The van der Waals surface area contributed by atoms with Gasteiger partial charge in [0.25, 0.3) is 0 Å². The van der Waals surface area contributed by atoms with E-state index in [0.717, 1.165) is 0 Å². The summed E-state index contributed by atoms with van der Waals surface area (Å²) < 4.78 is 12.4. The second-order valence-corrected chi connectivity index (χ2v) is 14.5. The summed E-state index contributed by atoms with van der Waals surface area (Å²) in [6.45, 7) is 14.1. The minimum absolute atomic E-state index is 0.0572. The van der Waals surface area contributed by atoms with Crippen LogP contribution in [0, 0.1) is 12.3 Å². The van der Waals surface area contributed by atoms with Crippen LogP contribution in [0.4, 0.5) is 0 Å². The number of Topliss-reactive ketones (excluding diaryl/α,β-unsaturated/α-hetero) is 1. The van der Waals surface area contributed by atoms with Crippen molar-refractivity contribution in [2.75, 3.05) is 11.9 Å². The van der Waals surface area contributed by atoms with Crippen LogP contribution in [0.1, 0.15) is 60.8 Å². The maximum atomic E-state index is 12.6. The fourth-order valence-corrected chi connectivity index (χ4v) is 10.4. The molecular weight excluding hydrogens is 438 g/mol. The standard InChI is InChI=1S/C21H36BrNO4Si/c1-8-9-10-23-17-11-18(24)20(26-21(25)13-22)12-19(17)27-28(14(2)3,15(4)5)16(6)7/h1,14-17,19-20,23H,9-13H2,2-7H3/t17-,19-,20-/m0/s1. The number of halogens is 1. The maximum absolute atomic E-state index is 12.6. The highest BCUT2D eigenvalue weighted by atomic mass is 79.9. The Morgan fingerprint density at radius 3 is 2.29 bits per heavy atom. The predicted octanol–water partition coefficient (Wildman–Crippen LogP) is 4.20. The second kappa shape index (κ2) is 11.5. The number of ether oxygens (including phenoxy) is 1. The van der Waals surface area contributed by atoms with Crippen molar-refractivity contribution in [3.05, 3.63) is 0 Å². The van der Waals surface area contributed by atoms with Crippen molar-refractivity contribution in [3.8, 4) is 12.3 Å². The zero-order valence-corrected chi connectivity index (χ0v) is 20.7. The predicted molar refractivity (Wildman–Crippen MR) is 119 cm³/mol. The van der Waals surface area contributed by atoms with E-state index in [9.17, 15) is 9.59 Å². The number of terminal acetylenes is 1. The van der Waals surface area contributed by atoms with Gasteiger partial charge in [-0.25, -0.2) is 0 Å². The van der Waals surface area contributed by atoms with Gasteiger partial charge >= 0.3 is 5.97 Å². The molecule has 28 heavy (non-hydrogen) atoms. The quantitative estimate of drug-likeness (QED) is 0.169. The molecule has 5 nitrogen and oxygen atoms in total. The summed E-state index contributed by atoms with van der Waals surface area (Å²) in [6, 6.07) is -0.108. The van der Waals surface area contributed by atoms with E-state index in [1.54, 1.807) is 0 Å². The van der Waals surface area contributed by atoms with Crippen LogP contribution in [0.15, 0.2) is 0 Å². The first-order valence-electron chi connectivity index (χ1n) is 10.2. The summed E-state index contributed by atoms with van der Waals surface area (Å²) in [6.07, 6.45) is 5.74. The Balaban J connectivity index is 3.14. The number of ketones is 1. The summed E-state index contributed by atoms with van der Waals surface area (Å²) in [5.41, 5.74) is 1.29. The number of esters is 1. The lowest BCUT2D eigenvalue weighted by atomic mass is 9.89. The van der Waals surface area contributed by atoms with Crippen LogP contribution < -0.4 is 5.32 Å². The Morgan fingerprint density at radius 2 is 1.82 bits per heavy atom. The largest absolute Gasteiger partial charge is 0.454 e. The summed E-state index contributed by atoms with van der Waals surface area (Å²) in [5.74, 6) is 2.15. The Labute approximate surface area is 180 Å². The Kier molecular flexibility index (Phi) is 10.4. The van der Waals surface area contributed by atoms with Crippen LogP contribution in [0.3, 0.4) is 0 Å². The molecule has 7 heteroatoms. The zero-order valence-electron chi connectivity index (χ0n) is 18.1. The molecule has 0 aromatic carbocycles. The average Bonchev–Trinajstić information content (AvgIpc) is 2.61. The van der Waals surface area contributed by atoms with Crippen LogP contribution in [-0.2, 0) is 18.8 Å². The second-order valence-electron chi connectivity index (χ2n) is 8.51. The molecule has 160 valence electrons. The highest BCUT2D eigenvalue weighted by Gasteiger charge is 2.49. The summed E-state index contributed by atoms with van der Waals surface area (Å²) >= 11 is 3.10. The van der Waals surface area contributed by atoms with E-state index in [2.05, 4.69) is 68.7 Å². The van der Waals surface area contributed by atoms with Crippen molar-refractivity contribution in [1.29, 1.82) is 0 Å². The number of nitrogens with one attached hydrogen (secondary N) is 1. The van der Waals surface area contributed by atoms with Gasteiger partial charge in [0, 0.05) is 31.8 Å². The molecule has 1 aliphatic rings. The molecule has 0 heterocycles. The Bertz CT molecular complexity index is 551. The molecule has 1 N–H and O–H groups in total. The summed E-state index contributed by atoms with van der Waals surface area (Å²) in [7, 11) is -2.15. The first-order chi connectivity index (χ1) is 13.1. The third-order valence-corrected chi connectivity index (χ3v) is 12.4. The van der Waals surface area contributed by atoms with E-state index in [4.69, 9.17) is 15.6 Å². The van der Waals surface area contributed by atoms with Crippen molar-refractivity contribution < 1.29 is 18.8 Å². The van der Waals surface area contributed by atoms with Gasteiger partial charge in [0.2, 0.25) is 8.32 Å². The molecule has 3 atom stereocenters. The molecule has 1 fully saturated rings. The van der Waals surface area contributed by atoms with E-state index in [1.807, 2.05) is 0 Å². The normalized spacial score (nSPS) is 23.3. The lowest BCUT2D eigenvalue weighted by molar-refractivity contribution is -0.157. The fourth-order valence-electron chi connectivity index (χ4n) is 4.62. The molecule has 0 aromatic heterocycles. The minimum Gasteiger partial charge on any atom is -0.454 e. The van der Waals surface area contributed by atoms with Gasteiger partial charge in [-0.2, -0.15) is 0 Å². The highest BCUT2D eigenvalue weighted by Crippen LogP contribution is 2.44. The van der Waals surface area contributed by atoms with Crippen LogP contribution in [-0.4, -0.2) is 50.2 Å². The first-order valence-corrected chi connectivity index (χ1v) is 13.5. The highest BCUT2D eigenvalue weighted by molar-refractivity contribution is 9.09. The van der Waals surface area contributed by atoms with E-state index >= 15 is 0 Å². The van der Waals surface area contributed by atoms with E-state index < -0.39 is 20.4 Å². The zero-order chi connectivity index (χ0) is 21.5. The van der Waals surface area contributed by atoms with Gasteiger partial charge < -0.3 is 14.5 Å². The summed E-state index contributed by atoms with van der Waals surface area (Å²) in [4.78, 5) is 24.3. The van der Waals surface area contributed by atoms with Gasteiger partial charge in [-0.1, -0.05) is 57.5 Å². The van der Waals surface area contributed by atoms with Gasteiger partial charge in [0.05, 0.1) is 6.10 Å². The van der Waals surface area contributed by atoms with Crippen molar-refractivity contribution in [1.82, 2.24) is 5.32 Å². The molecule has 1 aliphatic carbocycles. The SMILES string of the molecule is C#CCCN[C@H]1CC(=O)[C@@H](OC(=O)CBr)C[C@@H]1O[Si](C(C)C)(C(C)C)C(C)C. The van der Waals surface area contributed by atoms with Crippen LogP contribution in [0.5, 0.6) is 0 Å². The molecule has 0 aromatic rings. The maximum Gasteiger partial charge on any atom is 0.317 e. The average molecular weight is 475 g/mol. The number of carbonyl (C=O) groups is 2. The fraction of sp³-hybridized carbons (Fsp3) is 0.810. The number of alkyl halides is 1. The van der Waals surface area contributed by atoms with E-state index in [0.29, 0.717) is 36.0 Å². The molecule has 1 saturated carbocycles. The minimum atomic E-state index is -2.15. The third kappa shape index (κ3) is 6.16.